The summed E-state index contributed by atoms with van der Waals surface area (Å²) in [5.74, 6) is 0.639. The number of carbonyl (C=O) groups excluding carboxylic acids is 2. The van der Waals surface area contributed by atoms with E-state index in [1.807, 2.05) is 51.1 Å². The van der Waals surface area contributed by atoms with Gasteiger partial charge in [0.2, 0.25) is 0 Å². The Kier molecular flexibility index (Phi) is 7.12. The van der Waals surface area contributed by atoms with Crippen molar-refractivity contribution in [3.05, 3.63) is 71.1 Å². The average molecular weight is 506 g/mol. The average Bonchev–Trinajstić information content (AvgIpc) is 3.15. The number of aromatic nitrogens is 1. The molecule has 0 unspecified atom stereocenters. The van der Waals surface area contributed by atoms with Crippen LogP contribution in [0.1, 0.15) is 23.9 Å². The maximum absolute atomic E-state index is 13.5. The number of nitrogens with zero attached hydrogens (tertiary/aromatic N) is 2. The van der Waals surface area contributed by atoms with Gasteiger partial charge in [0.05, 0.1) is 26.5 Å². The summed E-state index contributed by atoms with van der Waals surface area (Å²) in [7, 11) is 3.02. The molecule has 1 aliphatic rings. The molecule has 2 amide bonds. The summed E-state index contributed by atoms with van der Waals surface area (Å²) in [6.45, 7) is 6.45. The molecule has 2 aromatic carbocycles. The fourth-order valence-corrected chi connectivity index (χ4v) is 4.46. The first kappa shape index (κ1) is 25.0. The number of benzene rings is 2. The van der Waals surface area contributed by atoms with Crippen LogP contribution in [-0.4, -0.2) is 42.3 Å². The Morgan fingerprint density at radius 3 is 2.31 bits per heavy atom. The first-order valence-corrected chi connectivity index (χ1v) is 11.8. The molecule has 1 aromatic heterocycles. The lowest BCUT2D eigenvalue weighted by Crippen LogP contribution is -2.54. The predicted molar refractivity (Wildman–Crippen MR) is 142 cm³/mol. The number of amides is 2. The minimum Gasteiger partial charge on any atom is -0.497 e. The summed E-state index contributed by atoms with van der Waals surface area (Å²) in [6.07, 6.45) is 1.59. The number of hydrogen-bond acceptors (Lipinski definition) is 6. The van der Waals surface area contributed by atoms with Crippen LogP contribution in [0.15, 0.2) is 54.1 Å². The molecule has 0 spiro atoms. The number of thiocarbonyl (C=S) groups is 1. The molecule has 0 atom stereocenters. The molecule has 1 saturated heterocycles. The van der Waals surface area contributed by atoms with Gasteiger partial charge in [-0.3, -0.25) is 14.9 Å². The second kappa shape index (κ2) is 10.2. The lowest BCUT2D eigenvalue weighted by molar-refractivity contribution is -0.122. The lowest BCUT2D eigenvalue weighted by Gasteiger charge is -2.30. The van der Waals surface area contributed by atoms with E-state index in [4.69, 9.17) is 26.4 Å². The van der Waals surface area contributed by atoms with Crippen LogP contribution in [0.3, 0.4) is 0 Å². The van der Waals surface area contributed by atoms with E-state index in [1.165, 1.54) is 19.1 Å². The smallest absolute Gasteiger partial charge is 0.270 e. The first-order valence-electron chi connectivity index (χ1n) is 11.3. The van der Waals surface area contributed by atoms with E-state index in [9.17, 15) is 9.59 Å². The van der Waals surface area contributed by atoms with Crippen molar-refractivity contribution in [1.29, 1.82) is 0 Å². The molecule has 3 aromatic rings. The Morgan fingerprint density at radius 1 is 0.972 bits per heavy atom. The Morgan fingerprint density at radius 2 is 1.67 bits per heavy atom. The van der Waals surface area contributed by atoms with Gasteiger partial charge < -0.3 is 18.8 Å². The molecule has 1 N–H and O–H groups in total. The topological polar surface area (TPSA) is 82.0 Å². The van der Waals surface area contributed by atoms with Gasteiger partial charge in [0, 0.05) is 23.1 Å². The zero-order chi connectivity index (χ0) is 26.0. The van der Waals surface area contributed by atoms with Crippen molar-refractivity contribution in [1.82, 2.24) is 9.88 Å². The van der Waals surface area contributed by atoms with Crippen molar-refractivity contribution in [2.24, 2.45) is 0 Å². The molecule has 0 aliphatic carbocycles. The number of hydrogen-bond donors (Lipinski definition) is 1. The second-order valence-corrected chi connectivity index (χ2v) is 8.47. The van der Waals surface area contributed by atoms with Crippen LogP contribution in [0.25, 0.3) is 11.8 Å². The molecule has 9 heteroatoms. The van der Waals surface area contributed by atoms with E-state index in [2.05, 4.69) is 9.88 Å². The molecule has 8 nitrogen and oxygen atoms in total. The van der Waals surface area contributed by atoms with Gasteiger partial charge in [0.15, 0.2) is 5.11 Å². The number of nitrogens with one attached hydrogen (secondary N) is 1. The largest absolute Gasteiger partial charge is 0.497 e. The molecule has 0 saturated carbocycles. The van der Waals surface area contributed by atoms with Crippen LogP contribution < -0.4 is 24.4 Å². The highest BCUT2D eigenvalue weighted by Crippen LogP contribution is 2.35. The van der Waals surface area contributed by atoms with Gasteiger partial charge in [-0.2, -0.15) is 0 Å². The molecule has 0 radical (unpaired) electrons. The fraction of sp³-hybridized carbons (Fsp3) is 0.222. The SMILES string of the molecule is CCOc1ccc(-n2c(C)cc(/C=C3\C(=O)NC(=S)N(c4ccc(OC)cc4OC)C3=O)c2C)cc1. The van der Waals surface area contributed by atoms with Crippen molar-refractivity contribution in [2.75, 3.05) is 25.7 Å². The van der Waals surface area contributed by atoms with Crippen molar-refractivity contribution in [3.63, 3.8) is 0 Å². The zero-order valence-electron chi connectivity index (χ0n) is 20.7. The van der Waals surface area contributed by atoms with E-state index in [1.54, 1.807) is 24.3 Å². The van der Waals surface area contributed by atoms with Crippen LogP contribution in [0.5, 0.6) is 17.2 Å². The van der Waals surface area contributed by atoms with Gasteiger partial charge in [0.1, 0.15) is 22.8 Å². The molecular weight excluding hydrogens is 478 g/mol. The molecule has 2 heterocycles. The molecule has 1 aliphatic heterocycles. The molecule has 1 fully saturated rings. The minimum atomic E-state index is -0.556. The van der Waals surface area contributed by atoms with Gasteiger partial charge in [0.25, 0.3) is 11.8 Å². The maximum Gasteiger partial charge on any atom is 0.270 e. The van der Waals surface area contributed by atoms with Crippen LogP contribution in [0, 0.1) is 13.8 Å². The van der Waals surface area contributed by atoms with Crippen molar-refractivity contribution in [2.45, 2.75) is 20.8 Å². The second-order valence-electron chi connectivity index (χ2n) is 8.08. The van der Waals surface area contributed by atoms with Crippen LogP contribution in [-0.2, 0) is 9.59 Å². The third-order valence-corrected chi connectivity index (χ3v) is 6.19. The number of ether oxygens (including phenoxy) is 3. The van der Waals surface area contributed by atoms with Crippen LogP contribution in [0.4, 0.5) is 5.69 Å². The van der Waals surface area contributed by atoms with Crippen molar-refractivity contribution < 1.29 is 23.8 Å². The Hall–Kier alpha value is -4.11. The summed E-state index contributed by atoms with van der Waals surface area (Å²) in [6, 6.07) is 14.7. The Balaban J connectivity index is 1.73. The number of aryl methyl sites for hydroxylation is 1. The van der Waals surface area contributed by atoms with Crippen LogP contribution >= 0.6 is 12.2 Å². The monoisotopic (exact) mass is 505 g/mol. The molecule has 36 heavy (non-hydrogen) atoms. The summed E-state index contributed by atoms with van der Waals surface area (Å²) < 4.78 is 18.3. The van der Waals surface area contributed by atoms with Crippen molar-refractivity contribution >= 4 is 40.9 Å². The first-order chi connectivity index (χ1) is 17.3. The zero-order valence-corrected chi connectivity index (χ0v) is 21.6. The van der Waals surface area contributed by atoms with E-state index in [0.717, 1.165) is 28.4 Å². The summed E-state index contributed by atoms with van der Waals surface area (Å²) in [5, 5.41) is 2.60. The number of anilines is 1. The third kappa shape index (κ3) is 4.57. The summed E-state index contributed by atoms with van der Waals surface area (Å²) >= 11 is 5.34. The van der Waals surface area contributed by atoms with Gasteiger partial charge in [-0.15, -0.1) is 0 Å². The van der Waals surface area contributed by atoms with Gasteiger partial charge in [-0.05, 0) is 87.1 Å². The van der Waals surface area contributed by atoms with Crippen molar-refractivity contribution in [3.8, 4) is 22.9 Å². The Labute approximate surface area is 215 Å². The lowest BCUT2D eigenvalue weighted by atomic mass is 10.1. The fourth-order valence-electron chi connectivity index (χ4n) is 4.19. The highest BCUT2D eigenvalue weighted by Gasteiger charge is 2.36. The van der Waals surface area contributed by atoms with E-state index in [-0.39, 0.29) is 10.7 Å². The van der Waals surface area contributed by atoms with Crippen LogP contribution in [0.2, 0.25) is 0 Å². The number of rotatable bonds is 7. The molecule has 0 bridgehead atoms. The maximum atomic E-state index is 13.5. The summed E-state index contributed by atoms with van der Waals surface area (Å²) in [4.78, 5) is 27.6. The van der Waals surface area contributed by atoms with Gasteiger partial charge >= 0.3 is 0 Å². The van der Waals surface area contributed by atoms with Gasteiger partial charge in [-0.1, -0.05) is 0 Å². The van der Waals surface area contributed by atoms with E-state index in [0.29, 0.717) is 23.8 Å². The molecular formula is C27H27N3O5S. The highest BCUT2D eigenvalue weighted by molar-refractivity contribution is 7.80. The normalized spacial score (nSPS) is 14.8. The van der Waals surface area contributed by atoms with E-state index < -0.39 is 11.8 Å². The van der Waals surface area contributed by atoms with E-state index >= 15 is 0 Å². The molecule has 186 valence electrons. The third-order valence-electron chi connectivity index (χ3n) is 5.91. The highest BCUT2D eigenvalue weighted by atomic mass is 32.1. The standard InChI is InChI=1S/C27H27N3O5S/c1-6-35-20-9-7-19(8-10-20)29-16(2)13-18(17(29)3)14-22-25(31)28-27(36)30(26(22)32)23-12-11-21(33-4)15-24(23)34-5/h7-15H,6H2,1-5H3,(H,28,31,36)/b22-14+. The molecule has 4 rings (SSSR count). The number of carbonyl (C=O) groups is 2. The number of methoxy groups -OCH3 is 2. The summed E-state index contributed by atoms with van der Waals surface area (Å²) in [5.41, 5.74) is 3.90. The predicted octanol–water partition coefficient (Wildman–Crippen LogP) is 4.34. The Bertz CT molecular complexity index is 1370. The van der Waals surface area contributed by atoms with Gasteiger partial charge in [-0.25, -0.2) is 4.90 Å². The quantitative estimate of drug-likeness (QED) is 0.292. The minimum absolute atomic E-state index is 0.0227.